The number of ether oxygens (including phenoxy) is 1. The molecule has 1 aromatic heterocycles. The third-order valence-corrected chi connectivity index (χ3v) is 5.42. The maximum atomic E-state index is 14.8. The average molecular weight is 446 g/mol. The van der Waals surface area contributed by atoms with Gasteiger partial charge >= 0.3 is 0 Å². The van der Waals surface area contributed by atoms with Crippen LogP contribution in [0.25, 0.3) is 5.76 Å². The molecule has 1 fully saturated rings. The van der Waals surface area contributed by atoms with E-state index in [1.165, 1.54) is 23.1 Å². The molecule has 0 unspecified atom stereocenters. The number of amides is 1. The zero-order valence-electron chi connectivity index (χ0n) is 18.1. The molecule has 3 aromatic rings. The summed E-state index contributed by atoms with van der Waals surface area (Å²) in [7, 11) is 0. The highest BCUT2D eigenvalue weighted by Gasteiger charge is 2.46. The van der Waals surface area contributed by atoms with E-state index in [0.29, 0.717) is 23.5 Å². The van der Waals surface area contributed by atoms with Gasteiger partial charge in [0.1, 0.15) is 17.3 Å². The molecule has 1 aliphatic heterocycles. The zero-order valence-corrected chi connectivity index (χ0v) is 18.1. The monoisotopic (exact) mass is 446 g/mol. The van der Waals surface area contributed by atoms with Crippen LogP contribution in [0.4, 0.5) is 4.39 Å². The SMILES string of the molecule is CCCOc1ccc(/C(O)=C2\C(=O)C(=O)N(Cc3cccnc3)[C@H]2c2ccccc2F)cc1. The number of aliphatic hydroxyl groups is 1. The summed E-state index contributed by atoms with van der Waals surface area (Å²) in [5, 5.41) is 11.1. The number of hydrogen-bond donors (Lipinski definition) is 1. The van der Waals surface area contributed by atoms with Gasteiger partial charge in [-0.3, -0.25) is 14.6 Å². The van der Waals surface area contributed by atoms with Gasteiger partial charge in [0, 0.05) is 30.1 Å². The highest BCUT2D eigenvalue weighted by Crippen LogP contribution is 2.41. The molecule has 2 aromatic carbocycles. The highest BCUT2D eigenvalue weighted by atomic mass is 19.1. The number of ketones is 1. The minimum atomic E-state index is -1.08. The fourth-order valence-corrected chi connectivity index (χ4v) is 3.84. The first-order valence-electron chi connectivity index (χ1n) is 10.7. The molecule has 1 amide bonds. The summed E-state index contributed by atoms with van der Waals surface area (Å²) in [4.78, 5) is 31.4. The van der Waals surface area contributed by atoms with E-state index in [0.717, 1.165) is 6.42 Å². The van der Waals surface area contributed by atoms with Gasteiger partial charge in [0.25, 0.3) is 11.7 Å². The Morgan fingerprint density at radius 3 is 2.52 bits per heavy atom. The number of Topliss-reactive ketones (excluding diaryl/α,β-unsaturated/α-hetero) is 1. The molecule has 0 radical (unpaired) electrons. The summed E-state index contributed by atoms with van der Waals surface area (Å²) in [6.45, 7) is 2.59. The Hall–Kier alpha value is -4.00. The van der Waals surface area contributed by atoms with Crippen LogP contribution in [0.5, 0.6) is 5.75 Å². The van der Waals surface area contributed by atoms with Gasteiger partial charge in [0.2, 0.25) is 0 Å². The highest BCUT2D eigenvalue weighted by molar-refractivity contribution is 6.46. The molecule has 4 rings (SSSR count). The fraction of sp³-hybridized carbons (Fsp3) is 0.192. The lowest BCUT2D eigenvalue weighted by molar-refractivity contribution is -0.140. The standard InChI is InChI=1S/C26H23FN2O4/c1-2-14-33-19-11-9-18(10-12-19)24(30)22-23(20-7-3-4-8-21(20)27)29(26(32)25(22)31)16-17-6-5-13-28-15-17/h3-13,15,23,30H,2,14,16H2,1H3/b24-22+/t23-/m0/s1. The van der Waals surface area contributed by atoms with E-state index >= 15 is 0 Å². The van der Waals surface area contributed by atoms with Crippen LogP contribution in [0, 0.1) is 5.82 Å². The number of benzene rings is 2. The lowest BCUT2D eigenvalue weighted by Crippen LogP contribution is -2.29. The number of rotatable bonds is 7. The van der Waals surface area contributed by atoms with Crippen LogP contribution in [0.1, 0.15) is 36.1 Å². The van der Waals surface area contributed by atoms with Crippen LogP contribution in [0.3, 0.4) is 0 Å². The first-order valence-corrected chi connectivity index (χ1v) is 10.7. The van der Waals surface area contributed by atoms with Crippen LogP contribution < -0.4 is 4.74 Å². The van der Waals surface area contributed by atoms with Gasteiger partial charge < -0.3 is 14.7 Å². The van der Waals surface area contributed by atoms with E-state index in [9.17, 15) is 19.1 Å². The van der Waals surface area contributed by atoms with Crippen molar-refractivity contribution in [3.05, 3.63) is 101 Å². The van der Waals surface area contributed by atoms with E-state index < -0.39 is 23.5 Å². The van der Waals surface area contributed by atoms with Gasteiger partial charge in [-0.25, -0.2) is 4.39 Å². The van der Waals surface area contributed by atoms with Crippen molar-refractivity contribution in [2.24, 2.45) is 0 Å². The van der Waals surface area contributed by atoms with Crippen LogP contribution in [-0.2, 0) is 16.1 Å². The Morgan fingerprint density at radius 1 is 1.09 bits per heavy atom. The van der Waals surface area contributed by atoms with Gasteiger partial charge in [0.15, 0.2) is 0 Å². The maximum Gasteiger partial charge on any atom is 0.295 e. The van der Waals surface area contributed by atoms with Crippen molar-refractivity contribution >= 4 is 17.4 Å². The molecule has 0 spiro atoms. The van der Waals surface area contributed by atoms with Gasteiger partial charge in [0.05, 0.1) is 18.2 Å². The number of carbonyl (C=O) groups excluding carboxylic acids is 2. The molecule has 168 valence electrons. The third-order valence-electron chi connectivity index (χ3n) is 5.42. The number of halogens is 1. The maximum absolute atomic E-state index is 14.8. The molecule has 0 saturated carbocycles. The van der Waals surface area contributed by atoms with Crippen molar-refractivity contribution in [1.82, 2.24) is 9.88 Å². The molecule has 1 saturated heterocycles. The van der Waals surface area contributed by atoms with Crippen LogP contribution in [0.2, 0.25) is 0 Å². The van der Waals surface area contributed by atoms with E-state index in [4.69, 9.17) is 4.74 Å². The summed E-state index contributed by atoms with van der Waals surface area (Å²) in [6.07, 6.45) is 4.03. The van der Waals surface area contributed by atoms with Crippen LogP contribution in [0.15, 0.2) is 78.6 Å². The quantitative estimate of drug-likeness (QED) is 0.325. The average Bonchev–Trinajstić information content (AvgIpc) is 3.08. The first kappa shape index (κ1) is 22.2. The molecule has 2 heterocycles. The largest absolute Gasteiger partial charge is 0.507 e. The molecule has 1 atom stereocenters. The van der Waals surface area contributed by atoms with E-state index in [1.807, 2.05) is 6.92 Å². The normalized spacial score (nSPS) is 17.4. The van der Waals surface area contributed by atoms with Crippen molar-refractivity contribution in [2.75, 3.05) is 6.61 Å². The number of hydrogen-bond acceptors (Lipinski definition) is 5. The van der Waals surface area contributed by atoms with Crippen LogP contribution >= 0.6 is 0 Å². The second-order valence-corrected chi connectivity index (χ2v) is 7.68. The van der Waals surface area contributed by atoms with Gasteiger partial charge in [-0.05, 0) is 48.4 Å². The number of aliphatic hydroxyl groups excluding tert-OH is 1. The summed E-state index contributed by atoms with van der Waals surface area (Å²) >= 11 is 0. The zero-order chi connectivity index (χ0) is 23.4. The molecule has 7 heteroatoms. The molecule has 0 aliphatic carbocycles. The minimum Gasteiger partial charge on any atom is -0.507 e. The number of likely N-dealkylation sites (tertiary alicyclic amines) is 1. The summed E-state index contributed by atoms with van der Waals surface area (Å²) in [5.74, 6) is -1.99. The molecular weight excluding hydrogens is 423 g/mol. The van der Waals surface area contributed by atoms with Crippen LogP contribution in [-0.4, -0.2) is 33.3 Å². The lowest BCUT2D eigenvalue weighted by atomic mass is 9.94. The topological polar surface area (TPSA) is 79.7 Å². The Kier molecular flexibility index (Phi) is 6.49. The Morgan fingerprint density at radius 2 is 1.85 bits per heavy atom. The lowest BCUT2D eigenvalue weighted by Gasteiger charge is -2.25. The summed E-state index contributed by atoms with van der Waals surface area (Å²) in [6, 6.07) is 14.9. The molecule has 1 aliphatic rings. The number of aromatic nitrogens is 1. The van der Waals surface area contributed by atoms with E-state index in [1.54, 1.807) is 54.9 Å². The Labute approximate surface area is 191 Å². The second-order valence-electron chi connectivity index (χ2n) is 7.68. The predicted octanol–water partition coefficient (Wildman–Crippen LogP) is 4.63. The van der Waals surface area contributed by atoms with E-state index in [-0.39, 0.29) is 23.4 Å². The van der Waals surface area contributed by atoms with Crippen molar-refractivity contribution in [3.8, 4) is 5.75 Å². The first-order chi connectivity index (χ1) is 16.0. The third kappa shape index (κ3) is 4.48. The number of pyridine rings is 1. The molecule has 1 N–H and O–H groups in total. The van der Waals surface area contributed by atoms with Gasteiger partial charge in [-0.15, -0.1) is 0 Å². The molecule has 6 nitrogen and oxygen atoms in total. The van der Waals surface area contributed by atoms with Crippen molar-refractivity contribution in [3.63, 3.8) is 0 Å². The summed E-state index contributed by atoms with van der Waals surface area (Å²) < 4.78 is 20.4. The van der Waals surface area contributed by atoms with E-state index in [2.05, 4.69) is 4.98 Å². The predicted molar refractivity (Wildman–Crippen MR) is 121 cm³/mol. The Balaban J connectivity index is 1.80. The Bertz CT molecular complexity index is 1190. The van der Waals surface area contributed by atoms with Gasteiger partial charge in [-0.1, -0.05) is 31.2 Å². The second kappa shape index (κ2) is 9.65. The molecule has 33 heavy (non-hydrogen) atoms. The smallest absolute Gasteiger partial charge is 0.295 e. The minimum absolute atomic E-state index is 0.0397. The molecule has 0 bridgehead atoms. The van der Waals surface area contributed by atoms with Crippen molar-refractivity contribution < 1.29 is 23.8 Å². The molecular formula is C26H23FN2O4. The van der Waals surface area contributed by atoms with Crippen molar-refractivity contribution in [1.29, 1.82) is 0 Å². The van der Waals surface area contributed by atoms with Gasteiger partial charge in [-0.2, -0.15) is 0 Å². The number of nitrogens with zero attached hydrogens (tertiary/aromatic N) is 2. The van der Waals surface area contributed by atoms with Crippen molar-refractivity contribution in [2.45, 2.75) is 25.9 Å². The number of carbonyl (C=O) groups is 2. The fourth-order valence-electron chi connectivity index (χ4n) is 3.84. The summed E-state index contributed by atoms with van der Waals surface area (Å²) in [5.41, 5.74) is 0.985.